The maximum atomic E-state index is 13.3. The van der Waals surface area contributed by atoms with Crippen molar-refractivity contribution >= 4 is 21.6 Å². The van der Waals surface area contributed by atoms with E-state index in [1.54, 1.807) is 0 Å². The first kappa shape index (κ1) is 14.3. The van der Waals surface area contributed by atoms with Crippen LogP contribution in [0.2, 0.25) is 0 Å². The van der Waals surface area contributed by atoms with E-state index in [0.717, 1.165) is 6.07 Å². The molecule has 100 valence electrons. The second-order valence-corrected chi connectivity index (χ2v) is 5.16. The highest BCUT2D eigenvalue weighted by Gasteiger charge is 2.22. The van der Waals surface area contributed by atoms with E-state index in [0.29, 0.717) is 6.07 Å². The number of nitrogen functional groups attached to an aromatic ring is 1. The van der Waals surface area contributed by atoms with Gasteiger partial charge in [-0.05, 0) is 12.1 Å². The van der Waals surface area contributed by atoms with E-state index in [-0.39, 0.29) is 18.7 Å². The van der Waals surface area contributed by atoms with E-state index in [1.807, 2.05) is 4.72 Å². The Morgan fingerprint density at radius 2 is 1.94 bits per heavy atom. The lowest BCUT2D eigenvalue weighted by atomic mass is 10.3. The second kappa shape index (κ2) is 5.27. The zero-order chi connectivity index (χ0) is 13.9. The van der Waals surface area contributed by atoms with Gasteiger partial charge in [-0.3, -0.25) is 4.79 Å². The molecule has 6 nitrogen and oxygen atoms in total. The van der Waals surface area contributed by atoms with Gasteiger partial charge in [-0.15, -0.1) is 0 Å². The van der Waals surface area contributed by atoms with Gasteiger partial charge in [-0.2, -0.15) is 0 Å². The number of nitrogens with two attached hydrogens (primary N) is 2. The summed E-state index contributed by atoms with van der Waals surface area (Å²) in [5.74, 6) is -3.63. The maximum Gasteiger partial charge on any atom is 0.243 e. The van der Waals surface area contributed by atoms with Crippen LogP contribution in [-0.4, -0.2) is 20.9 Å². The van der Waals surface area contributed by atoms with Crippen molar-refractivity contribution in [2.75, 3.05) is 12.3 Å². The Kier molecular flexibility index (Phi) is 4.19. The van der Waals surface area contributed by atoms with Gasteiger partial charge < -0.3 is 11.5 Å². The van der Waals surface area contributed by atoms with Crippen LogP contribution in [0.4, 0.5) is 14.5 Å². The number of hydrogen-bond acceptors (Lipinski definition) is 4. The molecule has 0 bridgehead atoms. The minimum atomic E-state index is -4.28. The van der Waals surface area contributed by atoms with Gasteiger partial charge >= 0.3 is 0 Å². The molecule has 0 aliphatic carbocycles. The Morgan fingerprint density at radius 1 is 1.33 bits per heavy atom. The van der Waals surface area contributed by atoms with Gasteiger partial charge in [0.25, 0.3) is 0 Å². The Labute approximate surface area is 102 Å². The summed E-state index contributed by atoms with van der Waals surface area (Å²) < 4.78 is 51.5. The molecule has 1 aromatic carbocycles. The largest absolute Gasteiger partial charge is 0.399 e. The molecule has 0 atom stereocenters. The van der Waals surface area contributed by atoms with Crippen LogP contribution in [0.1, 0.15) is 6.42 Å². The number of amides is 1. The van der Waals surface area contributed by atoms with E-state index >= 15 is 0 Å². The van der Waals surface area contributed by atoms with Gasteiger partial charge in [0.05, 0.1) is 0 Å². The van der Waals surface area contributed by atoms with E-state index in [2.05, 4.69) is 0 Å². The molecule has 18 heavy (non-hydrogen) atoms. The second-order valence-electron chi connectivity index (χ2n) is 3.43. The van der Waals surface area contributed by atoms with Gasteiger partial charge in [0, 0.05) is 18.7 Å². The first-order valence-electron chi connectivity index (χ1n) is 4.76. The lowest BCUT2D eigenvalue weighted by Gasteiger charge is -2.08. The summed E-state index contributed by atoms with van der Waals surface area (Å²) in [7, 11) is -4.28. The quantitative estimate of drug-likeness (QED) is 0.642. The number of hydrogen-bond donors (Lipinski definition) is 3. The summed E-state index contributed by atoms with van der Waals surface area (Å²) in [5.41, 5.74) is 9.81. The summed E-state index contributed by atoms with van der Waals surface area (Å²) in [4.78, 5) is 9.52. The molecule has 0 unspecified atom stereocenters. The van der Waals surface area contributed by atoms with Crippen LogP contribution in [0.5, 0.6) is 0 Å². The molecular formula is C9H11F2N3O3S. The zero-order valence-electron chi connectivity index (χ0n) is 9.11. The summed E-state index contributed by atoms with van der Waals surface area (Å²) in [5, 5.41) is 0. The average Bonchev–Trinajstić information content (AvgIpc) is 2.22. The summed E-state index contributed by atoms with van der Waals surface area (Å²) >= 11 is 0. The predicted octanol–water partition coefficient (Wildman–Crippen LogP) is -0.299. The molecule has 0 saturated carbocycles. The third kappa shape index (κ3) is 3.37. The number of benzene rings is 1. The van der Waals surface area contributed by atoms with Crippen LogP contribution < -0.4 is 16.2 Å². The van der Waals surface area contributed by atoms with Crippen LogP contribution >= 0.6 is 0 Å². The molecular weight excluding hydrogens is 268 g/mol. The van der Waals surface area contributed by atoms with Crippen molar-refractivity contribution in [1.29, 1.82) is 0 Å². The van der Waals surface area contributed by atoms with Gasteiger partial charge in [-0.25, -0.2) is 21.9 Å². The third-order valence-electron chi connectivity index (χ3n) is 1.97. The highest BCUT2D eigenvalue weighted by atomic mass is 32.2. The van der Waals surface area contributed by atoms with Crippen molar-refractivity contribution in [2.24, 2.45) is 5.73 Å². The number of rotatable bonds is 5. The number of carbonyl (C=O) groups is 1. The molecule has 0 saturated heterocycles. The first-order chi connectivity index (χ1) is 8.24. The van der Waals surface area contributed by atoms with E-state index in [1.165, 1.54) is 0 Å². The smallest absolute Gasteiger partial charge is 0.243 e. The minimum Gasteiger partial charge on any atom is -0.399 e. The SMILES string of the molecule is NC(=O)CCNS(=O)(=O)c1cc(N)cc(F)c1F. The van der Waals surface area contributed by atoms with E-state index in [9.17, 15) is 22.0 Å². The van der Waals surface area contributed by atoms with Crippen molar-refractivity contribution in [3.05, 3.63) is 23.8 Å². The number of anilines is 1. The zero-order valence-corrected chi connectivity index (χ0v) is 9.93. The molecule has 0 aliphatic rings. The molecule has 9 heteroatoms. The molecule has 0 radical (unpaired) electrons. The molecule has 0 heterocycles. The van der Waals surface area contributed by atoms with Gasteiger partial charge in [0.2, 0.25) is 15.9 Å². The standard InChI is InChI=1S/C9H11F2N3O3S/c10-6-3-5(12)4-7(9(6)11)18(16,17)14-2-1-8(13)15/h3-4,14H,1-2,12H2,(H2,13,15). The molecule has 0 aliphatic heterocycles. The first-order valence-corrected chi connectivity index (χ1v) is 6.25. The monoisotopic (exact) mass is 279 g/mol. The van der Waals surface area contributed by atoms with E-state index < -0.39 is 32.5 Å². The van der Waals surface area contributed by atoms with Crippen LogP contribution in [0.15, 0.2) is 17.0 Å². The van der Waals surface area contributed by atoms with Crippen molar-refractivity contribution < 1.29 is 22.0 Å². The van der Waals surface area contributed by atoms with Crippen LogP contribution in [-0.2, 0) is 14.8 Å². The molecule has 0 spiro atoms. The Morgan fingerprint density at radius 3 is 2.50 bits per heavy atom. The van der Waals surface area contributed by atoms with Gasteiger partial charge in [-0.1, -0.05) is 0 Å². The molecule has 0 aromatic heterocycles. The number of halogens is 2. The van der Waals surface area contributed by atoms with E-state index in [4.69, 9.17) is 11.5 Å². The lowest BCUT2D eigenvalue weighted by Crippen LogP contribution is -2.29. The Hall–Kier alpha value is -1.74. The molecule has 5 N–H and O–H groups in total. The fourth-order valence-corrected chi connectivity index (χ4v) is 2.32. The Bertz CT molecular complexity index is 575. The van der Waals surface area contributed by atoms with Crippen LogP contribution in [0.3, 0.4) is 0 Å². The molecule has 0 fully saturated rings. The van der Waals surface area contributed by atoms with Crippen molar-refractivity contribution in [2.45, 2.75) is 11.3 Å². The van der Waals surface area contributed by atoms with Gasteiger partial charge in [0.15, 0.2) is 11.6 Å². The average molecular weight is 279 g/mol. The molecule has 1 rings (SSSR count). The lowest BCUT2D eigenvalue weighted by molar-refractivity contribution is -0.117. The highest BCUT2D eigenvalue weighted by molar-refractivity contribution is 7.89. The normalized spacial score (nSPS) is 11.4. The summed E-state index contributed by atoms with van der Waals surface area (Å²) in [6, 6.07) is 1.45. The fraction of sp³-hybridized carbons (Fsp3) is 0.222. The van der Waals surface area contributed by atoms with Gasteiger partial charge in [0.1, 0.15) is 4.90 Å². The topological polar surface area (TPSA) is 115 Å². The summed E-state index contributed by atoms with van der Waals surface area (Å²) in [6.07, 6.45) is -0.258. The number of nitrogens with one attached hydrogen (secondary N) is 1. The fourth-order valence-electron chi connectivity index (χ4n) is 1.17. The molecule has 1 aromatic rings. The van der Waals surface area contributed by atoms with Crippen molar-refractivity contribution in [3.8, 4) is 0 Å². The number of primary amides is 1. The van der Waals surface area contributed by atoms with Crippen molar-refractivity contribution in [3.63, 3.8) is 0 Å². The highest BCUT2D eigenvalue weighted by Crippen LogP contribution is 2.20. The van der Waals surface area contributed by atoms with Crippen LogP contribution in [0.25, 0.3) is 0 Å². The van der Waals surface area contributed by atoms with Crippen molar-refractivity contribution in [1.82, 2.24) is 4.72 Å². The minimum absolute atomic E-state index is 0.232. The Balaban J connectivity index is 3.02. The maximum absolute atomic E-state index is 13.3. The summed E-state index contributed by atoms with van der Waals surface area (Å²) in [6.45, 7) is -0.312. The molecule has 1 amide bonds. The third-order valence-corrected chi connectivity index (χ3v) is 3.43. The predicted molar refractivity (Wildman–Crippen MR) is 59.8 cm³/mol. The number of sulfonamides is 1. The van der Waals surface area contributed by atoms with Crippen LogP contribution in [0, 0.1) is 11.6 Å². The number of carbonyl (C=O) groups excluding carboxylic acids is 1.